The van der Waals surface area contributed by atoms with Crippen molar-refractivity contribution in [1.82, 2.24) is 5.32 Å². The molecule has 0 aromatic heterocycles. The quantitative estimate of drug-likeness (QED) is 0.345. The first-order chi connectivity index (χ1) is 16.1. The van der Waals surface area contributed by atoms with Gasteiger partial charge in [-0.2, -0.15) is 0 Å². The molecule has 0 saturated heterocycles. The number of hydrogen-bond donors (Lipinski definition) is 3. The van der Waals surface area contributed by atoms with Crippen LogP contribution in [0.1, 0.15) is 28.4 Å². The summed E-state index contributed by atoms with van der Waals surface area (Å²) in [7, 11) is 2.02. The lowest BCUT2D eigenvalue weighted by Crippen LogP contribution is -2.34. The minimum Gasteiger partial charge on any atom is -0.493 e. The molecular formula is C24H24BN3O4S2. The Kier molecular flexibility index (Phi) is 7.96. The molecular weight excluding hydrogens is 469 g/mol. The summed E-state index contributed by atoms with van der Waals surface area (Å²) in [6, 6.07) is 16.3. The first-order valence-electron chi connectivity index (χ1n) is 10.4. The Bertz CT molecular complexity index is 1310. The average Bonchev–Trinajstić information content (AvgIpc) is 2.74. The Morgan fingerprint density at radius 1 is 0.971 bits per heavy atom. The van der Waals surface area contributed by atoms with Gasteiger partial charge in [0.25, 0.3) is 15.9 Å². The normalized spacial score (nSPS) is 10.9. The molecule has 10 heteroatoms. The smallest absolute Gasteiger partial charge is 0.261 e. The van der Waals surface area contributed by atoms with Gasteiger partial charge in [0.15, 0.2) is 5.11 Å². The van der Waals surface area contributed by atoms with Crippen molar-refractivity contribution < 1.29 is 17.9 Å². The van der Waals surface area contributed by atoms with E-state index in [1.807, 2.05) is 26.8 Å². The highest BCUT2D eigenvalue weighted by Crippen LogP contribution is 2.21. The van der Waals surface area contributed by atoms with Crippen molar-refractivity contribution in [3.05, 3.63) is 77.4 Å². The van der Waals surface area contributed by atoms with Gasteiger partial charge in [0.1, 0.15) is 13.6 Å². The van der Waals surface area contributed by atoms with Crippen molar-refractivity contribution in [1.29, 1.82) is 0 Å². The number of hydrogen-bond acceptors (Lipinski definition) is 5. The molecule has 1 amide bonds. The highest BCUT2D eigenvalue weighted by atomic mass is 32.2. The number of amides is 1. The first-order valence-corrected chi connectivity index (χ1v) is 12.3. The number of anilines is 2. The van der Waals surface area contributed by atoms with E-state index in [9.17, 15) is 13.2 Å². The molecule has 0 fully saturated rings. The monoisotopic (exact) mass is 493 g/mol. The number of aryl methyl sites for hydroxylation is 2. The van der Waals surface area contributed by atoms with Crippen molar-refractivity contribution >= 4 is 57.9 Å². The molecule has 0 unspecified atom stereocenters. The third kappa shape index (κ3) is 6.58. The number of thiocarbonyl (C=S) groups is 1. The van der Waals surface area contributed by atoms with E-state index in [-0.39, 0.29) is 15.6 Å². The third-order valence-corrected chi connectivity index (χ3v) is 6.27. The predicted octanol–water partition coefficient (Wildman–Crippen LogP) is 3.42. The molecule has 0 aliphatic rings. The molecule has 174 valence electrons. The van der Waals surface area contributed by atoms with Crippen LogP contribution in [-0.4, -0.2) is 33.9 Å². The Balaban J connectivity index is 1.67. The van der Waals surface area contributed by atoms with E-state index in [1.54, 1.807) is 36.4 Å². The Hall–Kier alpha value is -3.37. The lowest BCUT2D eigenvalue weighted by molar-refractivity contribution is 0.0974. The fraction of sp³-hybridized carbons (Fsp3) is 0.167. The minimum atomic E-state index is -3.77. The number of benzene rings is 3. The Morgan fingerprint density at radius 3 is 2.24 bits per heavy atom. The van der Waals surface area contributed by atoms with Crippen molar-refractivity contribution in [2.45, 2.75) is 25.7 Å². The molecule has 0 aliphatic carbocycles. The van der Waals surface area contributed by atoms with Crippen LogP contribution in [0.5, 0.6) is 5.75 Å². The number of rotatable bonds is 7. The molecule has 7 nitrogen and oxygen atoms in total. The van der Waals surface area contributed by atoms with E-state index in [0.717, 1.165) is 11.1 Å². The summed E-state index contributed by atoms with van der Waals surface area (Å²) in [6.07, 6.45) is 0. The average molecular weight is 493 g/mol. The summed E-state index contributed by atoms with van der Waals surface area (Å²) >= 11 is 5.22. The van der Waals surface area contributed by atoms with Gasteiger partial charge in [-0.25, -0.2) is 8.42 Å². The number of nitrogens with one attached hydrogen (secondary N) is 3. The Labute approximate surface area is 206 Å². The molecule has 3 aromatic rings. The summed E-state index contributed by atoms with van der Waals surface area (Å²) in [5.74, 6) is -0.0899. The summed E-state index contributed by atoms with van der Waals surface area (Å²) in [5.41, 5.74) is 3.59. The molecule has 0 spiro atoms. The van der Waals surface area contributed by atoms with Gasteiger partial charge in [-0.05, 0) is 86.6 Å². The zero-order valence-electron chi connectivity index (χ0n) is 19.0. The van der Waals surface area contributed by atoms with Crippen LogP contribution in [0.25, 0.3) is 0 Å². The minimum absolute atomic E-state index is 0.0406. The second-order valence-electron chi connectivity index (χ2n) is 7.60. The second kappa shape index (κ2) is 10.7. The van der Waals surface area contributed by atoms with Gasteiger partial charge in [-0.3, -0.25) is 14.8 Å². The van der Waals surface area contributed by atoms with Crippen molar-refractivity contribution in [2.75, 3.05) is 16.6 Å². The van der Waals surface area contributed by atoms with E-state index >= 15 is 0 Å². The van der Waals surface area contributed by atoms with Crippen LogP contribution in [0.2, 0.25) is 0 Å². The molecule has 3 rings (SSSR count). The maximum absolute atomic E-state index is 12.7. The molecule has 3 N–H and O–H groups in total. The van der Waals surface area contributed by atoms with Gasteiger partial charge >= 0.3 is 0 Å². The first kappa shape index (κ1) is 25.3. The third-order valence-electron chi connectivity index (χ3n) is 4.67. The Morgan fingerprint density at radius 2 is 1.62 bits per heavy atom. The summed E-state index contributed by atoms with van der Waals surface area (Å²) < 4.78 is 33.5. The molecule has 0 atom stereocenters. The van der Waals surface area contributed by atoms with E-state index in [1.165, 1.54) is 18.2 Å². The molecule has 2 radical (unpaired) electrons. The zero-order valence-corrected chi connectivity index (χ0v) is 20.6. The van der Waals surface area contributed by atoms with Crippen LogP contribution in [0, 0.1) is 13.8 Å². The summed E-state index contributed by atoms with van der Waals surface area (Å²) in [6.45, 7) is 6.00. The van der Waals surface area contributed by atoms with Crippen LogP contribution in [0.4, 0.5) is 11.4 Å². The van der Waals surface area contributed by atoms with Crippen molar-refractivity contribution in [2.24, 2.45) is 0 Å². The van der Waals surface area contributed by atoms with Crippen LogP contribution >= 0.6 is 12.2 Å². The molecule has 0 saturated carbocycles. The van der Waals surface area contributed by atoms with Gasteiger partial charge < -0.3 is 10.1 Å². The topological polar surface area (TPSA) is 96.5 Å². The number of carbonyl (C=O) groups excluding carboxylic acids is 1. The van der Waals surface area contributed by atoms with Crippen molar-refractivity contribution in [3.63, 3.8) is 0 Å². The predicted molar refractivity (Wildman–Crippen MR) is 140 cm³/mol. The number of ether oxygens (including phenoxy) is 1. The lowest BCUT2D eigenvalue weighted by Gasteiger charge is -2.14. The number of carbonyl (C=O) groups is 1. The molecule has 34 heavy (non-hydrogen) atoms. The van der Waals surface area contributed by atoms with E-state index in [4.69, 9.17) is 24.8 Å². The van der Waals surface area contributed by atoms with E-state index in [0.29, 0.717) is 29.2 Å². The summed E-state index contributed by atoms with van der Waals surface area (Å²) in [4.78, 5) is 12.7. The van der Waals surface area contributed by atoms with Gasteiger partial charge in [-0.15, -0.1) is 0 Å². The van der Waals surface area contributed by atoms with Gasteiger partial charge in [-0.1, -0.05) is 23.7 Å². The zero-order chi connectivity index (χ0) is 24.9. The fourth-order valence-electron chi connectivity index (χ4n) is 3.30. The molecule has 0 heterocycles. The SMILES string of the molecule is [B]c1ccc(OCC)c(C(=O)NC(=S)Nc2ccc(S(=O)(=O)Nc3cc(C)cc(C)c3)cc2)c1. The van der Waals surface area contributed by atoms with Gasteiger partial charge in [0.05, 0.1) is 17.1 Å². The van der Waals surface area contributed by atoms with Crippen molar-refractivity contribution in [3.8, 4) is 5.75 Å². The van der Waals surface area contributed by atoms with Gasteiger partial charge in [0.2, 0.25) is 0 Å². The van der Waals surface area contributed by atoms with Crippen LogP contribution < -0.4 is 25.6 Å². The maximum Gasteiger partial charge on any atom is 0.261 e. The number of sulfonamides is 1. The molecule has 3 aromatic carbocycles. The fourth-order valence-corrected chi connectivity index (χ4v) is 4.56. The summed E-state index contributed by atoms with van der Waals surface area (Å²) in [5, 5.41) is 5.48. The molecule has 0 bridgehead atoms. The van der Waals surface area contributed by atoms with E-state index in [2.05, 4.69) is 15.4 Å². The highest BCUT2D eigenvalue weighted by molar-refractivity contribution is 7.92. The standard InChI is InChI=1S/C24H24BN3O4S2/c1-4-32-22-10-5-17(25)14-21(22)23(29)27-24(33)26-18-6-8-20(9-7-18)34(30,31)28-19-12-15(2)11-16(3)13-19/h5-14,28H,4H2,1-3H3,(H2,26,27,29,33). The van der Waals surface area contributed by atoms with Crippen LogP contribution in [0.3, 0.4) is 0 Å². The van der Waals surface area contributed by atoms with Gasteiger partial charge in [0, 0.05) is 11.4 Å². The second-order valence-corrected chi connectivity index (χ2v) is 9.69. The lowest BCUT2D eigenvalue weighted by atomic mass is 9.94. The van der Waals surface area contributed by atoms with Crippen LogP contribution in [0.15, 0.2) is 65.6 Å². The molecule has 0 aliphatic heterocycles. The largest absolute Gasteiger partial charge is 0.493 e. The van der Waals surface area contributed by atoms with Crippen LogP contribution in [-0.2, 0) is 10.0 Å². The highest BCUT2D eigenvalue weighted by Gasteiger charge is 2.16. The van der Waals surface area contributed by atoms with E-state index < -0.39 is 15.9 Å². The maximum atomic E-state index is 12.7.